The summed E-state index contributed by atoms with van der Waals surface area (Å²) in [5, 5.41) is 2.99. The summed E-state index contributed by atoms with van der Waals surface area (Å²) in [6.45, 7) is 2.36. The van der Waals surface area contributed by atoms with E-state index in [4.69, 9.17) is 4.74 Å². The number of methoxy groups -OCH3 is 1. The number of anilines is 1. The number of nitrogens with zero attached hydrogens (tertiary/aromatic N) is 3. The minimum absolute atomic E-state index is 0.119. The van der Waals surface area contributed by atoms with Crippen molar-refractivity contribution in [3.8, 4) is 5.75 Å². The van der Waals surface area contributed by atoms with Crippen molar-refractivity contribution in [3.63, 3.8) is 0 Å². The number of amides is 2. The summed E-state index contributed by atoms with van der Waals surface area (Å²) in [5.41, 5.74) is 0.781. The standard InChI is InChI=1S/C23H23FN4O4/c1-14-26-20-8-3-16(24)12-19(20)23(31)27(14)10-9-25-22(30)15-11-21(29)28(13-15)17-4-6-18(32-2)7-5-17/h3-8,12,15H,9-11,13H2,1-2H3,(H,25,30)/t15-/m0/s1. The Labute approximate surface area is 183 Å². The summed E-state index contributed by atoms with van der Waals surface area (Å²) in [6.07, 6.45) is 0.119. The van der Waals surface area contributed by atoms with E-state index < -0.39 is 11.7 Å². The van der Waals surface area contributed by atoms with Crippen molar-refractivity contribution in [2.24, 2.45) is 5.92 Å². The van der Waals surface area contributed by atoms with E-state index in [9.17, 15) is 18.8 Å². The first-order valence-corrected chi connectivity index (χ1v) is 10.3. The Morgan fingerprint density at radius 3 is 2.69 bits per heavy atom. The molecule has 1 aliphatic heterocycles. The number of aryl methyl sites for hydroxylation is 1. The van der Waals surface area contributed by atoms with Gasteiger partial charge in [-0.2, -0.15) is 0 Å². The minimum atomic E-state index is -0.507. The van der Waals surface area contributed by atoms with Crippen LogP contribution >= 0.6 is 0 Å². The van der Waals surface area contributed by atoms with Crippen molar-refractivity contribution in [3.05, 3.63) is 64.5 Å². The molecule has 0 aliphatic carbocycles. The van der Waals surface area contributed by atoms with E-state index in [0.717, 1.165) is 6.07 Å². The largest absolute Gasteiger partial charge is 0.497 e. The van der Waals surface area contributed by atoms with Crippen molar-refractivity contribution in [2.75, 3.05) is 25.1 Å². The molecule has 0 saturated carbocycles. The number of carbonyl (C=O) groups is 2. The molecule has 1 saturated heterocycles. The molecule has 2 heterocycles. The number of benzene rings is 2. The molecule has 8 nitrogen and oxygen atoms in total. The van der Waals surface area contributed by atoms with Gasteiger partial charge in [0.05, 0.1) is 23.9 Å². The van der Waals surface area contributed by atoms with Crippen LogP contribution in [0.15, 0.2) is 47.3 Å². The molecule has 0 unspecified atom stereocenters. The van der Waals surface area contributed by atoms with Gasteiger partial charge in [0.25, 0.3) is 5.56 Å². The van der Waals surface area contributed by atoms with E-state index in [1.807, 2.05) is 0 Å². The number of aromatic nitrogens is 2. The predicted molar refractivity (Wildman–Crippen MR) is 117 cm³/mol. The third-order valence-corrected chi connectivity index (χ3v) is 5.62. The Kier molecular flexibility index (Phi) is 5.89. The van der Waals surface area contributed by atoms with Gasteiger partial charge in [-0.1, -0.05) is 0 Å². The average molecular weight is 438 g/mol. The molecule has 9 heteroatoms. The first kappa shape index (κ1) is 21.5. The highest BCUT2D eigenvalue weighted by atomic mass is 19.1. The summed E-state index contributed by atoms with van der Waals surface area (Å²) >= 11 is 0. The number of halogens is 1. The summed E-state index contributed by atoms with van der Waals surface area (Å²) < 4.78 is 20.1. The van der Waals surface area contributed by atoms with Gasteiger partial charge >= 0.3 is 0 Å². The second kappa shape index (κ2) is 8.78. The SMILES string of the molecule is COc1ccc(N2C[C@@H](C(=O)NCCn3c(C)nc4ccc(F)cc4c3=O)CC2=O)cc1. The molecule has 2 aromatic carbocycles. The Morgan fingerprint density at radius 2 is 1.97 bits per heavy atom. The number of rotatable bonds is 6. The molecule has 0 spiro atoms. The van der Waals surface area contributed by atoms with Gasteiger partial charge in [0, 0.05) is 31.7 Å². The quantitative estimate of drug-likeness (QED) is 0.636. The van der Waals surface area contributed by atoms with Gasteiger partial charge in [-0.3, -0.25) is 19.0 Å². The van der Waals surface area contributed by atoms with Gasteiger partial charge in [0.2, 0.25) is 11.8 Å². The predicted octanol–water partition coefficient (Wildman–Crippen LogP) is 2.02. The molecule has 0 bridgehead atoms. The minimum Gasteiger partial charge on any atom is -0.497 e. The lowest BCUT2D eigenvalue weighted by Crippen LogP contribution is -2.36. The van der Waals surface area contributed by atoms with Crippen LogP contribution in [0.4, 0.5) is 10.1 Å². The zero-order valence-corrected chi connectivity index (χ0v) is 17.8. The molecule has 1 N–H and O–H groups in total. The molecular formula is C23H23FN4O4. The maximum Gasteiger partial charge on any atom is 0.261 e. The first-order chi connectivity index (χ1) is 15.4. The van der Waals surface area contributed by atoms with Crippen LogP contribution in [0.5, 0.6) is 5.75 Å². The van der Waals surface area contributed by atoms with Crippen molar-refractivity contribution >= 4 is 28.4 Å². The molecule has 2 amide bonds. The van der Waals surface area contributed by atoms with Crippen molar-refractivity contribution in [1.29, 1.82) is 0 Å². The van der Waals surface area contributed by atoms with Crippen LogP contribution in [0, 0.1) is 18.7 Å². The molecule has 1 atom stereocenters. The first-order valence-electron chi connectivity index (χ1n) is 10.3. The zero-order valence-electron chi connectivity index (χ0n) is 17.8. The van der Waals surface area contributed by atoms with Crippen LogP contribution in [-0.4, -0.2) is 41.6 Å². The molecule has 1 aromatic heterocycles. The smallest absolute Gasteiger partial charge is 0.261 e. The van der Waals surface area contributed by atoms with Gasteiger partial charge in [-0.15, -0.1) is 0 Å². The molecular weight excluding hydrogens is 415 g/mol. The molecule has 32 heavy (non-hydrogen) atoms. The summed E-state index contributed by atoms with van der Waals surface area (Å²) in [6, 6.07) is 11.0. The van der Waals surface area contributed by atoms with Crippen LogP contribution < -0.4 is 20.5 Å². The lowest BCUT2D eigenvalue weighted by Gasteiger charge is -2.17. The average Bonchev–Trinajstić information content (AvgIpc) is 3.18. The maximum absolute atomic E-state index is 13.5. The number of fused-ring (bicyclic) bond motifs is 1. The maximum atomic E-state index is 13.5. The van der Waals surface area contributed by atoms with E-state index >= 15 is 0 Å². The van der Waals surface area contributed by atoms with E-state index in [2.05, 4.69) is 10.3 Å². The molecule has 1 fully saturated rings. The van der Waals surface area contributed by atoms with Crippen LogP contribution in [-0.2, 0) is 16.1 Å². The summed E-state index contributed by atoms with van der Waals surface area (Å²) in [4.78, 5) is 43.7. The van der Waals surface area contributed by atoms with Crippen molar-refractivity contribution < 1.29 is 18.7 Å². The van der Waals surface area contributed by atoms with Crippen molar-refractivity contribution in [1.82, 2.24) is 14.9 Å². The van der Waals surface area contributed by atoms with Gasteiger partial charge in [-0.05, 0) is 49.4 Å². The highest BCUT2D eigenvalue weighted by Gasteiger charge is 2.35. The third-order valence-electron chi connectivity index (χ3n) is 5.62. The molecule has 166 valence electrons. The second-order valence-electron chi connectivity index (χ2n) is 7.67. The van der Waals surface area contributed by atoms with E-state index in [-0.39, 0.29) is 48.8 Å². The fraction of sp³-hybridized carbons (Fsp3) is 0.304. The fourth-order valence-electron chi connectivity index (χ4n) is 3.90. The van der Waals surface area contributed by atoms with E-state index in [1.165, 1.54) is 16.7 Å². The number of carbonyl (C=O) groups excluding carboxylic acids is 2. The third kappa shape index (κ3) is 4.18. The lowest BCUT2D eigenvalue weighted by atomic mass is 10.1. The fourth-order valence-corrected chi connectivity index (χ4v) is 3.90. The van der Waals surface area contributed by atoms with Crippen molar-refractivity contribution in [2.45, 2.75) is 19.9 Å². The Morgan fingerprint density at radius 1 is 1.22 bits per heavy atom. The van der Waals surface area contributed by atoms with Crippen LogP contribution in [0.3, 0.4) is 0 Å². The lowest BCUT2D eigenvalue weighted by molar-refractivity contribution is -0.126. The summed E-state index contributed by atoms with van der Waals surface area (Å²) in [7, 11) is 1.57. The number of hydrogen-bond acceptors (Lipinski definition) is 5. The normalized spacial score (nSPS) is 15.9. The number of nitrogens with one attached hydrogen (secondary N) is 1. The molecule has 3 aromatic rings. The molecule has 1 aliphatic rings. The van der Waals surface area contributed by atoms with E-state index in [1.54, 1.807) is 43.2 Å². The zero-order chi connectivity index (χ0) is 22.8. The molecule has 4 rings (SSSR count). The number of hydrogen-bond donors (Lipinski definition) is 1. The van der Waals surface area contributed by atoms with E-state index in [0.29, 0.717) is 22.8 Å². The summed E-state index contributed by atoms with van der Waals surface area (Å²) in [5.74, 6) is -0.196. The number of ether oxygens (including phenoxy) is 1. The Hall–Kier alpha value is -3.75. The topological polar surface area (TPSA) is 93.5 Å². The van der Waals surface area contributed by atoms with Crippen LogP contribution in [0.2, 0.25) is 0 Å². The van der Waals surface area contributed by atoms with Crippen LogP contribution in [0.25, 0.3) is 10.9 Å². The Balaban J connectivity index is 1.39. The highest BCUT2D eigenvalue weighted by molar-refractivity contribution is 6.00. The monoisotopic (exact) mass is 438 g/mol. The van der Waals surface area contributed by atoms with Gasteiger partial charge in [-0.25, -0.2) is 9.37 Å². The van der Waals surface area contributed by atoms with Gasteiger partial charge in [0.15, 0.2) is 0 Å². The van der Waals surface area contributed by atoms with Crippen LogP contribution in [0.1, 0.15) is 12.2 Å². The Bertz CT molecular complexity index is 1240. The van der Waals surface area contributed by atoms with Gasteiger partial charge in [0.1, 0.15) is 17.4 Å². The second-order valence-corrected chi connectivity index (χ2v) is 7.67. The molecule has 0 radical (unpaired) electrons. The highest BCUT2D eigenvalue weighted by Crippen LogP contribution is 2.26. The van der Waals surface area contributed by atoms with Gasteiger partial charge < -0.3 is 15.0 Å².